The van der Waals surface area contributed by atoms with E-state index in [-0.39, 0.29) is 0 Å². The lowest BCUT2D eigenvalue weighted by atomic mass is 10.1. The van der Waals surface area contributed by atoms with Crippen molar-refractivity contribution >= 4 is 35.0 Å². The normalized spacial score (nSPS) is 10.3. The molecule has 0 N–H and O–H groups in total. The molecule has 0 spiro atoms. The summed E-state index contributed by atoms with van der Waals surface area (Å²) in [5.74, 6) is 0. The third kappa shape index (κ3) is 3.01. The zero-order chi connectivity index (χ0) is 14.0. The Hall–Kier alpha value is -1.28. The smallest absolute Gasteiger partial charge is 0.142 e. The highest BCUT2D eigenvalue weighted by molar-refractivity contribution is 7.99. The Labute approximate surface area is 125 Å². The summed E-state index contributed by atoms with van der Waals surface area (Å²) < 4.78 is 0. The molecule has 0 saturated heterocycles. The lowest BCUT2D eigenvalue weighted by Crippen LogP contribution is -1.98. The fraction of sp³-hybridized carbons (Fsp3) is 0.154. The fourth-order valence-electron chi connectivity index (χ4n) is 1.45. The molecule has 19 heavy (non-hydrogen) atoms. The number of hydrogen-bond acceptors (Lipinski definition) is 4. The van der Waals surface area contributed by atoms with Gasteiger partial charge in [-0.2, -0.15) is 10.4 Å². The van der Waals surface area contributed by atoms with Crippen molar-refractivity contribution < 1.29 is 0 Å². The van der Waals surface area contributed by atoms with Gasteiger partial charge in [0.2, 0.25) is 0 Å². The van der Waals surface area contributed by atoms with Crippen molar-refractivity contribution in [3.8, 4) is 6.07 Å². The topological polar surface area (TPSA) is 49.6 Å². The molecule has 0 aliphatic carbocycles. The van der Waals surface area contributed by atoms with E-state index in [1.165, 1.54) is 11.8 Å². The SMILES string of the molecule is Cc1nnc(Sc2cc(Cl)ccc2Cl)c(C#N)c1C. The highest BCUT2D eigenvalue weighted by atomic mass is 35.5. The number of nitrogens with zero attached hydrogens (tertiary/aromatic N) is 3. The average Bonchev–Trinajstić information content (AvgIpc) is 2.38. The van der Waals surface area contributed by atoms with E-state index in [1.54, 1.807) is 18.2 Å². The number of benzene rings is 1. The molecule has 2 rings (SSSR count). The van der Waals surface area contributed by atoms with Crippen molar-refractivity contribution in [2.75, 3.05) is 0 Å². The van der Waals surface area contributed by atoms with Gasteiger partial charge in [-0.1, -0.05) is 35.0 Å². The van der Waals surface area contributed by atoms with Gasteiger partial charge in [0.15, 0.2) is 0 Å². The Kier molecular flexibility index (Phi) is 4.31. The zero-order valence-electron chi connectivity index (χ0n) is 10.2. The van der Waals surface area contributed by atoms with Crippen LogP contribution in [0, 0.1) is 25.2 Å². The van der Waals surface area contributed by atoms with Crippen molar-refractivity contribution in [1.29, 1.82) is 5.26 Å². The van der Waals surface area contributed by atoms with Gasteiger partial charge in [-0.3, -0.25) is 0 Å². The number of aromatic nitrogens is 2. The molecule has 1 aromatic heterocycles. The van der Waals surface area contributed by atoms with Crippen LogP contribution in [-0.2, 0) is 0 Å². The predicted octanol–water partition coefficient (Wildman–Crippen LogP) is 4.42. The van der Waals surface area contributed by atoms with Crippen LogP contribution in [0.3, 0.4) is 0 Å². The molecule has 0 aliphatic heterocycles. The number of rotatable bonds is 2. The van der Waals surface area contributed by atoms with Gasteiger partial charge in [0.05, 0.1) is 16.3 Å². The highest BCUT2D eigenvalue weighted by Gasteiger charge is 2.13. The van der Waals surface area contributed by atoms with Crippen molar-refractivity contribution in [3.05, 3.63) is 45.1 Å². The summed E-state index contributed by atoms with van der Waals surface area (Å²) in [6, 6.07) is 7.33. The molecule has 1 heterocycles. The second-order valence-electron chi connectivity index (χ2n) is 3.88. The van der Waals surface area contributed by atoms with Crippen molar-refractivity contribution in [2.24, 2.45) is 0 Å². The maximum absolute atomic E-state index is 9.24. The molecule has 0 bridgehead atoms. The number of halogens is 2. The summed E-state index contributed by atoms with van der Waals surface area (Å²) >= 11 is 13.3. The van der Waals surface area contributed by atoms with E-state index in [2.05, 4.69) is 16.3 Å². The quantitative estimate of drug-likeness (QED) is 0.823. The van der Waals surface area contributed by atoms with Crippen molar-refractivity contribution in [2.45, 2.75) is 23.8 Å². The van der Waals surface area contributed by atoms with Gasteiger partial charge in [-0.05, 0) is 37.6 Å². The molecule has 1 aromatic carbocycles. The van der Waals surface area contributed by atoms with E-state index in [0.717, 1.165) is 16.2 Å². The predicted molar refractivity (Wildman–Crippen MR) is 76.8 cm³/mol. The first-order valence-corrected chi connectivity index (χ1v) is 6.97. The Balaban J connectivity index is 2.47. The Morgan fingerprint density at radius 2 is 1.95 bits per heavy atom. The molecule has 0 unspecified atom stereocenters. The van der Waals surface area contributed by atoms with Gasteiger partial charge in [0.1, 0.15) is 11.1 Å². The van der Waals surface area contributed by atoms with Crippen LogP contribution >= 0.6 is 35.0 Å². The number of nitriles is 1. The molecule has 0 saturated carbocycles. The lowest BCUT2D eigenvalue weighted by molar-refractivity contribution is 0.871. The maximum atomic E-state index is 9.24. The van der Waals surface area contributed by atoms with E-state index >= 15 is 0 Å². The highest BCUT2D eigenvalue weighted by Crippen LogP contribution is 2.36. The van der Waals surface area contributed by atoms with Crippen LogP contribution in [0.15, 0.2) is 28.1 Å². The summed E-state index contributed by atoms with van der Waals surface area (Å²) in [5, 5.41) is 19.0. The minimum Gasteiger partial charge on any atom is -0.192 e. The molecule has 0 radical (unpaired) electrons. The maximum Gasteiger partial charge on any atom is 0.142 e. The molecule has 0 fully saturated rings. The van der Waals surface area contributed by atoms with Gasteiger partial charge in [-0.25, -0.2) is 0 Å². The summed E-state index contributed by atoms with van der Waals surface area (Å²) in [6.45, 7) is 3.68. The standard InChI is InChI=1S/C13H9Cl2N3S/c1-7-8(2)17-18-13(10(7)6-16)19-12-5-9(14)3-4-11(12)15/h3-5H,1-2H3. The molecular formula is C13H9Cl2N3S. The van der Waals surface area contributed by atoms with Crippen molar-refractivity contribution in [3.63, 3.8) is 0 Å². The molecule has 6 heteroatoms. The van der Waals surface area contributed by atoms with E-state index in [0.29, 0.717) is 20.6 Å². The van der Waals surface area contributed by atoms with E-state index in [9.17, 15) is 5.26 Å². The molecule has 2 aromatic rings. The molecule has 3 nitrogen and oxygen atoms in total. The molecule has 0 aliphatic rings. The Morgan fingerprint density at radius 1 is 1.21 bits per heavy atom. The van der Waals surface area contributed by atoms with E-state index < -0.39 is 0 Å². The first-order chi connectivity index (χ1) is 9.02. The minimum absolute atomic E-state index is 0.522. The van der Waals surface area contributed by atoms with Crippen LogP contribution in [0.1, 0.15) is 16.8 Å². The largest absolute Gasteiger partial charge is 0.192 e. The van der Waals surface area contributed by atoms with Crippen LogP contribution in [0.5, 0.6) is 0 Å². The van der Waals surface area contributed by atoms with Crippen LogP contribution in [0.4, 0.5) is 0 Å². The average molecular weight is 310 g/mol. The zero-order valence-corrected chi connectivity index (χ0v) is 12.6. The van der Waals surface area contributed by atoms with Gasteiger partial charge in [0, 0.05) is 9.92 Å². The third-order valence-corrected chi connectivity index (χ3v) is 4.35. The summed E-state index contributed by atoms with van der Waals surface area (Å²) in [5.41, 5.74) is 2.10. The van der Waals surface area contributed by atoms with Crippen LogP contribution in [0.25, 0.3) is 0 Å². The monoisotopic (exact) mass is 309 g/mol. The number of aryl methyl sites for hydroxylation is 1. The second kappa shape index (κ2) is 5.79. The summed E-state index contributed by atoms with van der Waals surface area (Å²) in [6.07, 6.45) is 0. The van der Waals surface area contributed by atoms with E-state index in [1.807, 2.05) is 13.8 Å². The Bertz CT molecular complexity index is 680. The van der Waals surface area contributed by atoms with Crippen LogP contribution in [0.2, 0.25) is 10.0 Å². The molecule has 0 atom stereocenters. The molecule has 96 valence electrons. The summed E-state index contributed by atoms with van der Waals surface area (Å²) in [4.78, 5) is 0.753. The first kappa shape index (κ1) is 14.1. The molecular weight excluding hydrogens is 301 g/mol. The van der Waals surface area contributed by atoms with Gasteiger partial charge < -0.3 is 0 Å². The lowest BCUT2D eigenvalue weighted by Gasteiger charge is -2.08. The second-order valence-corrected chi connectivity index (χ2v) is 5.75. The van der Waals surface area contributed by atoms with Gasteiger partial charge >= 0.3 is 0 Å². The summed E-state index contributed by atoms with van der Waals surface area (Å²) in [7, 11) is 0. The van der Waals surface area contributed by atoms with Crippen molar-refractivity contribution in [1.82, 2.24) is 10.2 Å². The van der Waals surface area contributed by atoms with E-state index in [4.69, 9.17) is 23.2 Å². The minimum atomic E-state index is 0.522. The fourth-order valence-corrected chi connectivity index (χ4v) is 2.86. The van der Waals surface area contributed by atoms with Crippen LogP contribution in [-0.4, -0.2) is 10.2 Å². The van der Waals surface area contributed by atoms with Gasteiger partial charge in [-0.15, -0.1) is 5.10 Å². The Morgan fingerprint density at radius 3 is 2.63 bits per heavy atom. The molecule has 0 amide bonds. The number of hydrogen-bond donors (Lipinski definition) is 0. The van der Waals surface area contributed by atoms with Crippen LogP contribution < -0.4 is 0 Å². The first-order valence-electron chi connectivity index (χ1n) is 5.40. The van der Waals surface area contributed by atoms with Gasteiger partial charge in [0.25, 0.3) is 0 Å². The third-order valence-electron chi connectivity index (χ3n) is 2.63.